The summed E-state index contributed by atoms with van der Waals surface area (Å²) in [6.45, 7) is 0.835. The van der Waals surface area contributed by atoms with Crippen molar-refractivity contribution in [2.75, 3.05) is 11.9 Å². The maximum Gasteiger partial charge on any atom is 0.241 e. The molecule has 0 bridgehead atoms. The lowest BCUT2D eigenvalue weighted by molar-refractivity contribution is -0.118. The second kappa shape index (κ2) is 5.47. The number of benzene rings is 1. The first kappa shape index (κ1) is 12.3. The highest BCUT2D eigenvalue weighted by Gasteiger charge is 2.21. The molecule has 5 heteroatoms. The molecule has 3 nitrogen and oxygen atoms in total. The summed E-state index contributed by atoms with van der Waals surface area (Å²) in [6.07, 6.45) is 2.90. The first-order valence-corrected chi connectivity index (χ1v) is 6.04. The minimum Gasteiger partial charge on any atom is -0.322 e. The third kappa shape index (κ3) is 3.17. The van der Waals surface area contributed by atoms with Crippen molar-refractivity contribution in [3.8, 4) is 0 Å². The van der Waals surface area contributed by atoms with Gasteiger partial charge in [-0.3, -0.25) is 4.79 Å². The minimum atomic E-state index is -0.512. The highest BCUT2D eigenvalue weighted by atomic mass is 35.5. The lowest BCUT2D eigenvalue weighted by Crippen LogP contribution is -2.43. The predicted molar refractivity (Wildman–Crippen MR) is 65.7 cm³/mol. The Morgan fingerprint density at radius 1 is 1.47 bits per heavy atom. The Labute approximate surface area is 104 Å². The molecular formula is C12H14ClFN2O. The molecule has 1 atom stereocenters. The van der Waals surface area contributed by atoms with E-state index in [0.29, 0.717) is 5.02 Å². The SMILES string of the molecule is O=C(Nc1ccc(Cl)cc1F)[C@H]1CCCCN1. The average Bonchev–Trinajstić information content (AvgIpc) is 2.34. The van der Waals surface area contributed by atoms with Gasteiger partial charge in [-0.05, 0) is 37.6 Å². The summed E-state index contributed by atoms with van der Waals surface area (Å²) in [7, 11) is 0. The van der Waals surface area contributed by atoms with Crippen LogP contribution in [0.15, 0.2) is 18.2 Å². The molecule has 1 aromatic carbocycles. The molecule has 17 heavy (non-hydrogen) atoms. The number of rotatable bonds is 2. The molecule has 0 aliphatic carbocycles. The fourth-order valence-corrected chi connectivity index (χ4v) is 2.05. The maximum absolute atomic E-state index is 13.5. The van der Waals surface area contributed by atoms with E-state index in [-0.39, 0.29) is 17.6 Å². The van der Waals surface area contributed by atoms with E-state index in [2.05, 4.69) is 10.6 Å². The first-order chi connectivity index (χ1) is 8.16. The summed E-state index contributed by atoms with van der Waals surface area (Å²) in [5.74, 6) is -0.701. The number of hydrogen-bond acceptors (Lipinski definition) is 2. The van der Waals surface area contributed by atoms with Gasteiger partial charge < -0.3 is 10.6 Å². The molecule has 1 fully saturated rings. The van der Waals surface area contributed by atoms with Gasteiger partial charge in [0.25, 0.3) is 0 Å². The smallest absolute Gasteiger partial charge is 0.241 e. The Balaban J connectivity index is 2.02. The summed E-state index contributed by atoms with van der Waals surface area (Å²) in [5, 5.41) is 6.00. The van der Waals surface area contributed by atoms with Crippen molar-refractivity contribution in [2.45, 2.75) is 25.3 Å². The Morgan fingerprint density at radius 2 is 2.29 bits per heavy atom. The van der Waals surface area contributed by atoms with Gasteiger partial charge in [0.1, 0.15) is 5.82 Å². The maximum atomic E-state index is 13.5. The highest BCUT2D eigenvalue weighted by Crippen LogP contribution is 2.19. The lowest BCUT2D eigenvalue weighted by Gasteiger charge is -2.22. The Bertz CT molecular complexity index is 419. The van der Waals surface area contributed by atoms with Crippen LogP contribution in [-0.4, -0.2) is 18.5 Å². The van der Waals surface area contributed by atoms with Crippen LogP contribution >= 0.6 is 11.6 Å². The van der Waals surface area contributed by atoms with Gasteiger partial charge in [-0.25, -0.2) is 4.39 Å². The van der Waals surface area contributed by atoms with E-state index < -0.39 is 5.82 Å². The Hall–Kier alpha value is -1.13. The summed E-state index contributed by atoms with van der Waals surface area (Å²) >= 11 is 5.64. The number of hydrogen-bond donors (Lipinski definition) is 2. The molecule has 0 aromatic heterocycles. The molecule has 0 saturated carbocycles. The van der Waals surface area contributed by atoms with Crippen LogP contribution in [0.5, 0.6) is 0 Å². The second-order valence-electron chi connectivity index (χ2n) is 4.12. The second-order valence-corrected chi connectivity index (χ2v) is 4.55. The fourth-order valence-electron chi connectivity index (χ4n) is 1.89. The molecule has 0 spiro atoms. The zero-order valence-corrected chi connectivity index (χ0v) is 10.1. The molecule has 1 amide bonds. The number of halogens is 2. The normalized spacial score (nSPS) is 20.0. The molecule has 1 aromatic rings. The standard InChI is InChI=1S/C12H14ClFN2O/c13-8-4-5-10(9(14)7-8)16-12(17)11-3-1-2-6-15-11/h4-5,7,11,15H,1-3,6H2,(H,16,17)/t11-/m1/s1. The molecule has 2 rings (SSSR count). The monoisotopic (exact) mass is 256 g/mol. The topological polar surface area (TPSA) is 41.1 Å². The number of piperidine rings is 1. The quantitative estimate of drug-likeness (QED) is 0.854. The van der Waals surface area contributed by atoms with Gasteiger partial charge in [-0.1, -0.05) is 18.0 Å². The van der Waals surface area contributed by atoms with E-state index in [1.54, 1.807) is 6.07 Å². The summed E-state index contributed by atoms with van der Waals surface area (Å²) in [6, 6.07) is 3.98. The van der Waals surface area contributed by atoms with Gasteiger partial charge in [0.2, 0.25) is 5.91 Å². The third-order valence-electron chi connectivity index (χ3n) is 2.82. The molecule has 1 aliphatic rings. The number of carbonyl (C=O) groups is 1. The first-order valence-electron chi connectivity index (χ1n) is 5.66. The van der Waals surface area contributed by atoms with Crippen LogP contribution in [0.25, 0.3) is 0 Å². The summed E-state index contributed by atoms with van der Waals surface area (Å²) in [4.78, 5) is 11.8. The minimum absolute atomic E-state index is 0.173. The lowest BCUT2D eigenvalue weighted by atomic mass is 10.0. The van der Waals surface area contributed by atoms with E-state index in [0.717, 1.165) is 25.8 Å². The van der Waals surface area contributed by atoms with Crippen molar-refractivity contribution in [3.63, 3.8) is 0 Å². The van der Waals surface area contributed by atoms with E-state index in [9.17, 15) is 9.18 Å². The molecule has 2 N–H and O–H groups in total. The summed E-state index contributed by atoms with van der Waals surface area (Å²) < 4.78 is 13.5. The molecule has 1 saturated heterocycles. The molecule has 0 radical (unpaired) electrons. The molecule has 0 unspecified atom stereocenters. The van der Waals surface area contributed by atoms with Gasteiger partial charge in [-0.2, -0.15) is 0 Å². The fraction of sp³-hybridized carbons (Fsp3) is 0.417. The molecule has 1 heterocycles. The van der Waals surface area contributed by atoms with Gasteiger partial charge >= 0.3 is 0 Å². The highest BCUT2D eigenvalue weighted by molar-refractivity contribution is 6.30. The number of amides is 1. The van der Waals surface area contributed by atoms with Crippen LogP contribution in [0.1, 0.15) is 19.3 Å². The third-order valence-corrected chi connectivity index (χ3v) is 3.05. The van der Waals surface area contributed by atoms with Crippen molar-refractivity contribution in [1.29, 1.82) is 0 Å². The van der Waals surface area contributed by atoms with E-state index in [1.165, 1.54) is 12.1 Å². The Morgan fingerprint density at radius 3 is 2.94 bits per heavy atom. The molecular weight excluding hydrogens is 243 g/mol. The molecule has 1 aliphatic heterocycles. The van der Waals surface area contributed by atoms with Crippen molar-refractivity contribution in [1.82, 2.24) is 5.32 Å². The van der Waals surface area contributed by atoms with Gasteiger partial charge in [0, 0.05) is 5.02 Å². The zero-order chi connectivity index (χ0) is 12.3. The van der Waals surface area contributed by atoms with Gasteiger partial charge in [0.05, 0.1) is 11.7 Å². The van der Waals surface area contributed by atoms with Crippen molar-refractivity contribution in [2.24, 2.45) is 0 Å². The van der Waals surface area contributed by atoms with Crippen molar-refractivity contribution in [3.05, 3.63) is 29.0 Å². The largest absolute Gasteiger partial charge is 0.322 e. The van der Waals surface area contributed by atoms with Crippen LogP contribution in [0.4, 0.5) is 10.1 Å². The summed E-state index contributed by atoms with van der Waals surface area (Å²) in [5.41, 5.74) is 0.173. The predicted octanol–water partition coefficient (Wildman–Crippen LogP) is 2.56. The van der Waals surface area contributed by atoms with Crippen LogP contribution in [0, 0.1) is 5.82 Å². The van der Waals surface area contributed by atoms with Gasteiger partial charge in [0.15, 0.2) is 0 Å². The Kier molecular flexibility index (Phi) is 3.97. The van der Waals surface area contributed by atoms with Crippen LogP contribution in [-0.2, 0) is 4.79 Å². The van der Waals surface area contributed by atoms with Crippen molar-refractivity contribution < 1.29 is 9.18 Å². The van der Waals surface area contributed by atoms with E-state index in [4.69, 9.17) is 11.6 Å². The van der Waals surface area contributed by atoms with Crippen LogP contribution in [0.2, 0.25) is 5.02 Å². The average molecular weight is 257 g/mol. The van der Waals surface area contributed by atoms with Crippen molar-refractivity contribution >= 4 is 23.2 Å². The van der Waals surface area contributed by atoms with Crippen LogP contribution in [0.3, 0.4) is 0 Å². The number of nitrogens with one attached hydrogen (secondary N) is 2. The zero-order valence-electron chi connectivity index (χ0n) is 9.30. The molecule has 92 valence electrons. The number of carbonyl (C=O) groups excluding carboxylic acids is 1. The van der Waals surface area contributed by atoms with E-state index in [1.807, 2.05) is 0 Å². The van der Waals surface area contributed by atoms with Crippen LogP contribution < -0.4 is 10.6 Å². The number of anilines is 1. The van der Waals surface area contributed by atoms with Gasteiger partial charge in [-0.15, -0.1) is 0 Å². The van der Waals surface area contributed by atoms with E-state index >= 15 is 0 Å².